The van der Waals surface area contributed by atoms with Crippen molar-refractivity contribution in [2.45, 2.75) is 142 Å². The molecule has 456 valence electrons. The fourth-order valence-corrected chi connectivity index (χ4v) is 10.6. The van der Waals surface area contributed by atoms with Crippen LogP contribution in [0.25, 0.3) is 0 Å². The summed E-state index contributed by atoms with van der Waals surface area (Å²) >= 11 is 0. The van der Waals surface area contributed by atoms with E-state index in [1.165, 1.54) is 22.3 Å². The average molecular weight is 1270 g/mol. The zero-order valence-corrected chi connectivity index (χ0v) is 51.7. The van der Waals surface area contributed by atoms with Crippen molar-refractivity contribution >= 4 is 62.6 Å². The highest BCUT2D eigenvalue weighted by atomic mass is 31.3. The van der Waals surface area contributed by atoms with Gasteiger partial charge in [0.2, 0.25) is 0 Å². The van der Waals surface area contributed by atoms with E-state index < -0.39 is 62.6 Å². The van der Waals surface area contributed by atoms with Crippen molar-refractivity contribution in [3.05, 3.63) is 93.2 Å². The topological polar surface area (TPSA) is 453 Å². The fraction of sp³-hybridized carbons (Fsp3) is 0.610. The monoisotopic (exact) mass is 1270 g/mol. The molecule has 12 N–H and O–H groups in total. The Labute approximate surface area is 453 Å². The van der Waals surface area contributed by atoms with Gasteiger partial charge >= 0.3 is 62.6 Å². The Morgan fingerprint density at radius 3 is 0.545 bits per heavy atom. The number of allylic oxidation sites excluding steroid dienone is 12. The van der Waals surface area contributed by atoms with Crippen LogP contribution in [0, 0.1) is 0 Å². The van der Waals surface area contributed by atoms with E-state index in [9.17, 15) is 36.5 Å². The van der Waals surface area contributed by atoms with Gasteiger partial charge in [0.05, 0.1) is 26.4 Å². The average Bonchev–Trinajstić information content (AvgIpc) is 3.14. The molecule has 0 rings (SSSR count). The molecule has 0 radical (unpaired) electrons. The molecule has 36 heteroatoms. The van der Waals surface area contributed by atoms with Crippen LogP contribution in [0.1, 0.15) is 142 Å². The minimum absolute atomic E-state index is 0. The summed E-state index contributed by atoms with van der Waals surface area (Å²) in [5.41, 5.74) is 8.58. The summed E-state index contributed by atoms with van der Waals surface area (Å²) in [6, 6.07) is 0. The first-order valence-corrected chi connectivity index (χ1v) is 34.3. The summed E-state index contributed by atoms with van der Waals surface area (Å²) in [6.07, 6.45) is 20.9. The number of phosphoric acid groups is 8. The molecule has 0 aromatic heterocycles. The fourth-order valence-electron chi connectivity index (χ4n) is 4.49. The molecule has 0 aliphatic heterocycles. The molecule has 0 fully saturated rings. The zero-order chi connectivity index (χ0) is 60.4. The standard InChI is InChI=1S/4C10H20O7P2.CH4/c4*1-9(2)5-4-6-10(3)7-8-16-19(14,15)17-18(11,12)13;/h4*5,7H,4,6,8H2,1-3H3,(H,14,15)(H2,11,12,13);1H4/b4*10-7+;. The number of rotatable bonds is 32. The summed E-state index contributed by atoms with van der Waals surface area (Å²) in [5, 5.41) is 0. The van der Waals surface area contributed by atoms with Gasteiger partial charge in [-0.15, -0.1) is 0 Å². The second-order valence-electron chi connectivity index (χ2n) is 16.8. The second kappa shape index (κ2) is 41.9. The van der Waals surface area contributed by atoms with Crippen molar-refractivity contribution in [1.82, 2.24) is 0 Å². The number of phosphoric ester groups is 4. The van der Waals surface area contributed by atoms with Crippen molar-refractivity contribution < 1.29 is 131 Å². The van der Waals surface area contributed by atoms with Crippen LogP contribution < -0.4 is 0 Å². The van der Waals surface area contributed by atoms with E-state index in [2.05, 4.69) is 59.6 Å². The largest absolute Gasteiger partial charge is 0.481 e. The molecule has 0 aromatic rings. The minimum Gasteiger partial charge on any atom is -0.302 e. The van der Waals surface area contributed by atoms with Gasteiger partial charge in [-0.05, 0) is 134 Å². The van der Waals surface area contributed by atoms with Gasteiger partial charge in [-0.2, -0.15) is 17.2 Å². The van der Waals surface area contributed by atoms with Crippen molar-refractivity contribution in [1.29, 1.82) is 0 Å². The van der Waals surface area contributed by atoms with E-state index in [0.29, 0.717) is 0 Å². The van der Waals surface area contributed by atoms with E-state index in [4.69, 9.17) is 58.7 Å². The molecule has 0 aromatic carbocycles. The third-order valence-corrected chi connectivity index (χ3v) is 16.5. The molecule has 0 aliphatic rings. The Bertz CT molecular complexity index is 2050. The van der Waals surface area contributed by atoms with Crippen LogP contribution in [0.5, 0.6) is 0 Å². The summed E-state index contributed by atoms with van der Waals surface area (Å²) in [7, 11) is -39.1. The summed E-state index contributed by atoms with van der Waals surface area (Å²) < 4.78 is 118. The maximum Gasteiger partial charge on any atom is 0.481 e. The van der Waals surface area contributed by atoms with Crippen LogP contribution in [0.2, 0.25) is 0 Å². The van der Waals surface area contributed by atoms with Gasteiger partial charge < -0.3 is 58.7 Å². The lowest BCUT2D eigenvalue weighted by Gasteiger charge is -2.11. The van der Waals surface area contributed by atoms with Crippen molar-refractivity contribution in [2.24, 2.45) is 0 Å². The molecule has 0 bridgehead atoms. The smallest absolute Gasteiger partial charge is 0.302 e. The highest BCUT2D eigenvalue weighted by Crippen LogP contribution is 2.60. The molecular weight excluding hydrogens is 1190 g/mol. The highest BCUT2D eigenvalue weighted by molar-refractivity contribution is 7.62. The van der Waals surface area contributed by atoms with Crippen LogP contribution in [0.3, 0.4) is 0 Å². The van der Waals surface area contributed by atoms with Crippen LogP contribution in [0.4, 0.5) is 0 Å². The quantitative estimate of drug-likeness (QED) is 0.0220. The van der Waals surface area contributed by atoms with E-state index in [1.54, 1.807) is 24.3 Å². The Balaban J connectivity index is -0.000000298. The van der Waals surface area contributed by atoms with Crippen molar-refractivity contribution in [3.8, 4) is 0 Å². The molecule has 28 nitrogen and oxygen atoms in total. The normalized spacial score (nSPS) is 15.8. The predicted octanol–water partition coefficient (Wildman–Crippen LogP) is 12.3. The van der Waals surface area contributed by atoms with Crippen LogP contribution >= 0.6 is 62.6 Å². The number of hydrogen-bond donors (Lipinski definition) is 12. The minimum atomic E-state index is -5.05. The summed E-state index contributed by atoms with van der Waals surface area (Å²) in [4.78, 5) is 103. The third-order valence-electron chi connectivity index (χ3n) is 7.88. The van der Waals surface area contributed by atoms with Gasteiger partial charge in [0, 0.05) is 0 Å². The lowest BCUT2D eigenvalue weighted by atomic mass is 10.1. The van der Waals surface area contributed by atoms with Gasteiger partial charge in [-0.1, -0.05) is 101 Å². The highest BCUT2D eigenvalue weighted by Gasteiger charge is 2.34. The Morgan fingerprint density at radius 1 is 0.286 bits per heavy atom. The van der Waals surface area contributed by atoms with Gasteiger partial charge in [0.15, 0.2) is 0 Å². The van der Waals surface area contributed by atoms with Gasteiger partial charge in [0.25, 0.3) is 0 Å². The maximum absolute atomic E-state index is 11.1. The molecule has 0 heterocycles. The molecule has 0 aliphatic carbocycles. The third kappa shape index (κ3) is 71.0. The number of hydrogen-bond acceptors (Lipinski definition) is 16. The Kier molecular flexibility index (Phi) is 46.1. The molecule has 4 atom stereocenters. The zero-order valence-electron chi connectivity index (χ0n) is 44.6. The second-order valence-corrected chi connectivity index (χ2v) is 28.1. The van der Waals surface area contributed by atoms with E-state index in [0.717, 1.165) is 73.7 Å². The molecule has 77 heavy (non-hydrogen) atoms. The molecule has 0 saturated heterocycles. The Hall–Kier alpha value is -1.04. The van der Waals surface area contributed by atoms with Crippen LogP contribution in [0.15, 0.2) is 93.2 Å². The first kappa shape index (κ1) is 84.8. The van der Waals surface area contributed by atoms with Crippen molar-refractivity contribution in [2.75, 3.05) is 26.4 Å². The first-order valence-electron chi connectivity index (χ1n) is 22.2. The molecule has 0 spiro atoms. The molecule has 0 saturated carbocycles. The maximum atomic E-state index is 11.1. The molecule has 4 unspecified atom stereocenters. The molecule has 0 amide bonds. The summed E-state index contributed by atoms with van der Waals surface area (Å²) in [5.74, 6) is 0. The van der Waals surface area contributed by atoms with Crippen molar-refractivity contribution in [3.63, 3.8) is 0 Å². The van der Waals surface area contributed by atoms with E-state index in [-0.39, 0.29) is 33.9 Å². The SMILES string of the molecule is C.CC(C)=CCC/C(C)=C/COP(=O)(O)OP(=O)(O)O.CC(C)=CCC/C(C)=C/COP(=O)(O)OP(=O)(O)O.CC(C)=CCC/C(C)=C/COP(=O)(O)OP(=O)(O)O.CC(C)=CCC/C(C)=C/COP(=O)(O)OP(=O)(O)O. The van der Waals surface area contributed by atoms with Gasteiger partial charge in [-0.3, -0.25) is 18.1 Å². The lowest BCUT2D eigenvalue weighted by molar-refractivity contribution is 0.187. The molecular formula is C41H84O28P8. The van der Waals surface area contributed by atoms with Gasteiger partial charge in [0.1, 0.15) is 0 Å². The predicted molar refractivity (Wildman–Crippen MR) is 292 cm³/mol. The van der Waals surface area contributed by atoms with Gasteiger partial charge in [-0.25, -0.2) is 36.5 Å². The Morgan fingerprint density at radius 2 is 0.429 bits per heavy atom. The van der Waals surface area contributed by atoms with E-state index >= 15 is 0 Å². The lowest BCUT2D eigenvalue weighted by Crippen LogP contribution is -1.94. The van der Waals surface area contributed by atoms with E-state index in [1.807, 2.05) is 83.1 Å². The first-order chi connectivity index (χ1) is 34.1. The van der Waals surface area contributed by atoms with Crippen LogP contribution in [-0.4, -0.2) is 85.1 Å². The summed E-state index contributed by atoms with van der Waals surface area (Å²) in [6.45, 7) is 22.2. The van der Waals surface area contributed by atoms with Crippen LogP contribution in [-0.2, 0) is 71.9 Å².